The maximum atomic E-state index is 4.21. The molecule has 3 nitrogen and oxygen atoms in total. The Morgan fingerprint density at radius 3 is 3.30 bits per heavy atom. The minimum absolute atomic E-state index is 0.731. The third-order valence-corrected chi connectivity index (χ3v) is 2.33. The van der Waals surface area contributed by atoms with E-state index in [0.717, 1.165) is 12.5 Å². The molecule has 0 aromatic carbocycles. The summed E-state index contributed by atoms with van der Waals surface area (Å²) < 4.78 is 0. The van der Waals surface area contributed by atoms with E-state index in [1.165, 1.54) is 31.4 Å². The fourth-order valence-electron chi connectivity index (χ4n) is 1.71. The van der Waals surface area contributed by atoms with Gasteiger partial charge < -0.3 is 0 Å². The predicted molar refractivity (Wildman–Crippen MR) is 40.5 cm³/mol. The van der Waals surface area contributed by atoms with Gasteiger partial charge in [0.15, 0.2) is 0 Å². The lowest BCUT2D eigenvalue weighted by atomic mass is 9.87. The highest BCUT2D eigenvalue weighted by atomic mass is 15.6. The monoisotopic (exact) mass is 139 g/mol. The Bertz CT molecular complexity index is 153. The molecule has 1 unspecified atom stereocenters. The van der Waals surface area contributed by atoms with E-state index in [1.807, 2.05) is 0 Å². The lowest BCUT2D eigenvalue weighted by Gasteiger charge is -2.27. The summed E-state index contributed by atoms with van der Waals surface area (Å²) >= 11 is 0. The molecule has 0 saturated heterocycles. The Hall–Kier alpha value is -0.570. The van der Waals surface area contributed by atoms with Gasteiger partial charge in [-0.2, -0.15) is 5.10 Å². The van der Waals surface area contributed by atoms with Gasteiger partial charge >= 0.3 is 0 Å². The standard InChI is InChI=1S/C7H13N3/c1-2-4-7-6(3-1)5-8-10-9-7/h6,8,10H,1-5H2. The number of nitrogens with one attached hydrogen (secondary N) is 2. The lowest BCUT2D eigenvalue weighted by Crippen LogP contribution is -2.42. The van der Waals surface area contributed by atoms with Crippen molar-refractivity contribution in [1.29, 1.82) is 0 Å². The molecule has 1 aliphatic heterocycles. The number of hydrogen-bond donors (Lipinski definition) is 2. The van der Waals surface area contributed by atoms with Crippen LogP contribution in [0.25, 0.3) is 0 Å². The zero-order chi connectivity index (χ0) is 6.81. The van der Waals surface area contributed by atoms with Crippen LogP contribution in [-0.4, -0.2) is 12.3 Å². The second-order valence-corrected chi connectivity index (χ2v) is 3.04. The lowest BCUT2D eigenvalue weighted by molar-refractivity contribution is 0.414. The van der Waals surface area contributed by atoms with Gasteiger partial charge in [0.1, 0.15) is 0 Å². The second-order valence-electron chi connectivity index (χ2n) is 3.04. The van der Waals surface area contributed by atoms with E-state index in [2.05, 4.69) is 16.1 Å². The highest BCUT2D eigenvalue weighted by Gasteiger charge is 2.21. The summed E-state index contributed by atoms with van der Waals surface area (Å²) in [7, 11) is 0. The topological polar surface area (TPSA) is 36.4 Å². The quantitative estimate of drug-likeness (QED) is 0.516. The van der Waals surface area contributed by atoms with Crippen molar-refractivity contribution in [3.8, 4) is 0 Å². The normalized spacial score (nSPS) is 32.0. The molecule has 1 heterocycles. The summed E-state index contributed by atoms with van der Waals surface area (Å²) in [5.41, 5.74) is 7.25. The van der Waals surface area contributed by atoms with E-state index >= 15 is 0 Å². The van der Waals surface area contributed by atoms with Crippen molar-refractivity contribution in [1.82, 2.24) is 11.0 Å². The SMILES string of the molecule is C1CCC2CNNN=C2C1. The van der Waals surface area contributed by atoms with Crippen LogP contribution in [0.3, 0.4) is 0 Å². The first kappa shape index (κ1) is 6.16. The molecule has 0 aromatic rings. The molecule has 56 valence electrons. The Kier molecular flexibility index (Phi) is 1.59. The number of hydrazone groups is 1. The molecule has 1 aliphatic carbocycles. The summed E-state index contributed by atoms with van der Waals surface area (Å²) in [5, 5.41) is 4.21. The number of nitrogens with zero attached hydrogens (tertiary/aromatic N) is 1. The van der Waals surface area contributed by atoms with Gasteiger partial charge in [0.2, 0.25) is 0 Å². The molecule has 0 spiro atoms. The van der Waals surface area contributed by atoms with Crippen molar-refractivity contribution >= 4 is 5.71 Å². The van der Waals surface area contributed by atoms with Gasteiger partial charge in [-0.3, -0.25) is 0 Å². The molecule has 0 amide bonds. The molecule has 2 N–H and O–H groups in total. The molecule has 2 rings (SSSR count). The van der Waals surface area contributed by atoms with Crippen molar-refractivity contribution < 1.29 is 0 Å². The highest BCUT2D eigenvalue weighted by Crippen LogP contribution is 2.21. The van der Waals surface area contributed by atoms with Gasteiger partial charge in [-0.15, -0.1) is 0 Å². The molecule has 3 heteroatoms. The maximum Gasteiger partial charge on any atom is 0.0438 e. The average molecular weight is 139 g/mol. The van der Waals surface area contributed by atoms with Crippen LogP contribution in [0.2, 0.25) is 0 Å². The third-order valence-electron chi connectivity index (χ3n) is 2.33. The second kappa shape index (κ2) is 2.58. The number of hydrogen-bond acceptors (Lipinski definition) is 3. The number of hydrazine groups is 1. The van der Waals surface area contributed by atoms with E-state index in [-0.39, 0.29) is 0 Å². The van der Waals surface area contributed by atoms with Crippen molar-refractivity contribution in [3.05, 3.63) is 0 Å². The van der Waals surface area contributed by atoms with Crippen molar-refractivity contribution in [3.63, 3.8) is 0 Å². The highest BCUT2D eigenvalue weighted by molar-refractivity contribution is 5.87. The first-order valence-corrected chi connectivity index (χ1v) is 4.01. The Morgan fingerprint density at radius 1 is 1.40 bits per heavy atom. The van der Waals surface area contributed by atoms with Crippen LogP contribution in [0.5, 0.6) is 0 Å². The van der Waals surface area contributed by atoms with Crippen LogP contribution in [0.15, 0.2) is 5.10 Å². The molecule has 0 aromatic heterocycles. The van der Waals surface area contributed by atoms with Crippen molar-refractivity contribution in [2.75, 3.05) is 6.54 Å². The Balaban J connectivity index is 2.08. The first-order valence-electron chi connectivity index (χ1n) is 4.01. The van der Waals surface area contributed by atoms with Crippen LogP contribution in [-0.2, 0) is 0 Å². The molecule has 1 saturated carbocycles. The Labute approximate surface area is 60.9 Å². The van der Waals surface area contributed by atoms with Gasteiger partial charge in [-0.05, 0) is 19.3 Å². The van der Waals surface area contributed by atoms with Crippen LogP contribution in [0.1, 0.15) is 25.7 Å². The minimum atomic E-state index is 0.731. The fraction of sp³-hybridized carbons (Fsp3) is 0.857. The van der Waals surface area contributed by atoms with Gasteiger partial charge in [-0.25, -0.2) is 11.0 Å². The zero-order valence-electron chi connectivity index (χ0n) is 6.06. The van der Waals surface area contributed by atoms with Crippen LogP contribution < -0.4 is 11.0 Å². The van der Waals surface area contributed by atoms with Crippen molar-refractivity contribution in [2.45, 2.75) is 25.7 Å². The number of fused-ring (bicyclic) bond motifs is 1. The van der Waals surface area contributed by atoms with E-state index in [1.54, 1.807) is 0 Å². The number of rotatable bonds is 0. The summed E-state index contributed by atoms with van der Waals surface area (Å²) in [5.74, 6) is 0.731. The largest absolute Gasteiger partial charge is 0.243 e. The zero-order valence-corrected chi connectivity index (χ0v) is 6.06. The first-order chi connectivity index (χ1) is 4.97. The van der Waals surface area contributed by atoms with Gasteiger partial charge in [0, 0.05) is 18.2 Å². The molecular formula is C7H13N3. The summed E-state index contributed by atoms with van der Waals surface area (Å²) in [6, 6.07) is 0. The van der Waals surface area contributed by atoms with Crippen LogP contribution in [0, 0.1) is 5.92 Å². The van der Waals surface area contributed by atoms with Crippen LogP contribution in [0.4, 0.5) is 0 Å². The van der Waals surface area contributed by atoms with Gasteiger partial charge in [0.05, 0.1) is 0 Å². The molecule has 0 bridgehead atoms. The van der Waals surface area contributed by atoms with Crippen molar-refractivity contribution in [2.24, 2.45) is 11.0 Å². The summed E-state index contributed by atoms with van der Waals surface area (Å²) in [6.45, 7) is 1.07. The van der Waals surface area contributed by atoms with E-state index in [0.29, 0.717) is 0 Å². The van der Waals surface area contributed by atoms with Crippen LogP contribution >= 0.6 is 0 Å². The molecule has 1 atom stereocenters. The molecular weight excluding hydrogens is 126 g/mol. The van der Waals surface area contributed by atoms with E-state index < -0.39 is 0 Å². The minimum Gasteiger partial charge on any atom is -0.243 e. The fourth-order valence-corrected chi connectivity index (χ4v) is 1.71. The molecule has 1 fully saturated rings. The van der Waals surface area contributed by atoms with Gasteiger partial charge in [-0.1, -0.05) is 6.42 Å². The third kappa shape index (κ3) is 1.01. The predicted octanol–water partition coefficient (Wildman–Crippen LogP) is 0.640. The van der Waals surface area contributed by atoms with Gasteiger partial charge in [0.25, 0.3) is 0 Å². The average Bonchev–Trinajstić information content (AvgIpc) is 2.05. The molecule has 10 heavy (non-hydrogen) atoms. The van der Waals surface area contributed by atoms with E-state index in [4.69, 9.17) is 0 Å². The molecule has 0 radical (unpaired) electrons. The molecule has 2 aliphatic rings. The summed E-state index contributed by atoms with van der Waals surface area (Å²) in [6.07, 6.45) is 5.25. The van der Waals surface area contributed by atoms with E-state index in [9.17, 15) is 0 Å². The Morgan fingerprint density at radius 2 is 2.40 bits per heavy atom. The maximum absolute atomic E-state index is 4.21. The summed E-state index contributed by atoms with van der Waals surface area (Å²) in [4.78, 5) is 0. The smallest absolute Gasteiger partial charge is 0.0438 e.